The van der Waals surface area contributed by atoms with E-state index >= 15 is 0 Å². The van der Waals surface area contributed by atoms with Crippen LogP contribution in [0.1, 0.15) is 43.5 Å². The van der Waals surface area contributed by atoms with Crippen molar-refractivity contribution in [1.82, 2.24) is 19.7 Å². The first-order valence-electron chi connectivity index (χ1n) is 7.56. The van der Waals surface area contributed by atoms with Crippen molar-refractivity contribution < 1.29 is 0 Å². The normalized spacial score (nSPS) is 22.5. The van der Waals surface area contributed by atoms with Gasteiger partial charge in [0.2, 0.25) is 0 Å². The Kier molecular flexibility index (Phi) is 3.41. The second kappa shape index (κ2) is 5.40. The van der Waals surface area contributed by atoms with Gasteiger partial charge in [-0.15, -0.1) is 10.2 Å². The zero-order valence-corrected chi connectivity index (χ0v) is 13.4. The van der Waals surface area contributed by atoms with Gasteiger partial charge in [-0.05, 0) is 47.7 Å². The lowest BCUT2D eigenvalue weighted by Gasteiger charge is -2.34. The Labute approximate surface area is 132 Å². The monoisotopic (exact) mass is 347 g/mol. The first-order chi connectivity index (χ1) is 10.3. The molecule has 0 aromatic carbocycles. The highest BCUT2D eigenvalue weighted by Gasteiger charge is 2.31. The molecule has 2 aromatic rings. The van der Waals surface area contributed by atoms with Crippen LogP contribution in [0.2, 0.25) is 0 Å². The molecule has 0 radical (unpaired) electrons. The van der Waals surface area contributed by atoms with Crippen molar-refractivity contribution in [3.8, 4) is 0 Å². The molecule has 0 spiro atoms. The molecule has 21 heavy (non-hydrogen) atoms. The van der Waals surface area contributed by atoms with Gasteiger partial charge in [-0.2, -0.15) is 0 Å². The van der Waals surface area contributed by atoms with Crippen molar-refractivity contribution in [2.75, 3.05) is 18.0 Å². The fourth-order valence-corrected chi connectivity index (χ4v) is 3.53. The Morgan fingerprint density at radius 1 is 1.19 bits per heavy atom. The van der Waals surface area contributed by atoms with Crippen LogP contribution in [0, 0.1) is 0 Å². The maximum atomic E-state index is 4.41. The van der Waals surface area contributed by atoms with Crippen molar-refractivity contribution in [2.45, 2.75) is 37.6 Å². The van der Waals surface area contributed by atoms with E-state index < -0.39 is 0 Å². The predicted octanol–water partition coefficient (Wildman–Crippen LogP) is 3.15. The van der Waals surface area contributed by atoms with Crippen molar-refractivity contribution in [3.05, 3.63) is 35.1 Å². The lowest BCUT2D eigenvalue weighted by molar-refractivity contribution is 0.471. The number of nitrogens with zero attached hydrogens (tertiary/aromatic N) is 5. The van der Waals surface area contributed by atoms with Crippen molar-refractivity contribution in [3.63, 3.8) is 0 Å². The fraction of sp³-hybridized carbons (Fsp3) is 0.533. The summed E-state index contributed by atoms with van der Waals surface area (Å²) in [6.45, 7) is 2.09. The minimum absolute atomic E-state index is 0.473. The zero-order valence-electron chi connectivity index (χ0n) is 11.8. The summed E-state index contributed by atoms with van der Waals surface area (Å²) in [4.78, 5) is 6.70. The third kappa shape index (κ3) is 2.69. The van der Waals surface area contributed by atoms with E-state index in [2.05, 4.69) is 46.6 Å². The van der Waals surface area contributed by atoms with E-state index in [0.29, 0.717) is 12.0 Å². The molecule has 2 aliphatic rings. The number of aromatic nitrogens is 4. The summed E-state index contributed by atoms with van der Waals surface area (Å²) in [5, 5.41) is 8.55. The third-order valence-electron chi connectivity index (χ3n) is 4.38. The summed E-state index contributed by atoms with van der Waals surface area (Å²) in [6, 6.07) is 2.79. The molecule has 1 aliphatic carbocycles. The molecule has 4 rings (SSSR count). The molecule has 0 amide bonds. The number of piperidine rings is 1. The summed E-state index contributed by atoms with van der Waals surface area (Å²) >= 11 is 3.51. The number of hydrogen-bond acceptors (Lipinski definition) is 4. The highest BCUT2D eigenvalue weighted by molar-refractivity contribution is 9.10. The minimum Gasteiger partial charge on any atom is -0.370 e. The maximum Gasteiger partial charge on any atom is 0.137 e. The van der Waals surface area contributed by atoms with Crippen molar-refractivity contribution >= 4 is 21.6 Å². The van der Waals surface area contributed by atoms with Gasteiger partial charge in [0.05, 0.1) is 11.9 Å². The Morgan fingerprint density at radius 3 is 2.90 bits per heavy atom. The van der Waals surface area contributed by atoms with Gasteiger partial charge in [-0.25, -0.2) is 0 Å². The number of halogens is 1. The zero-order chi connectivity index (χ0) is 14.2. The number of anilines is 1. The van der Waals surface area contributed by atoms with Crippen molar-refractivity contribution in [2.24, 2.45) is 0 Å². The van der Waals surface area contributed by atoms with Crippen LogP contribution >= 0.6 is 15.9 Å². The molecule has 5 nitrogen and oxygen atoms in total. The van der Waals surface area contributed by atoms with Gasteiger partial charge < -0.3 is 9.47 Å². The van der Waals surface area contributed by atoms with Gasteiger partial charge >= 0.3 is 0 Å². The van der Waals surface area contributed by atoms with E-state index in [-0.39, 0.29) is 0 Å². The third-order valence-corrected chi connectivity index (χ3v) is 4.82. The van der Waals surface area contributed by atoms with Crippen LogP contribution in [0.3, 0.4) is 0 Å². The molecule has 1 atom stereocenters. The quantitative estimate of drug-likeness (QED) is 0.855. The molecule has 1 saturated heterocycles. The van der Waals surface area contributed by atoms with E-state index in [1.807, 2.05) is 18.7 Å². The first kappa shape index (κ1) is 13.2. The van der Waals surface area contributed by atoms with Gasteiger partial charge in [-0.3, -0.25) is 4.98 Å². The molecule has 0 bridgehead atoms. The summed E-state index contributed by atoms with van der Waals surface area (Å²) < 4.78 is 3.33. The average molecular weight is 348 g/mol. The molecule has 3 heterocycles. The lowest BCUT2D eigenvalue weighted by Crippen LogP contribution is -2.35. The van der Waals surface area contributed by atoms with Crippen LogP contribution in [0.15, 0.2) is 29.3 Å². The molecule has 110 valence electrons. The Hall–Kier alpha value is -1.43. The summed E-state index contributed by atoms with van der Waals surface area (Å²) in [6.07, 6.45) is 10.6. The van der Waals surface area contributed by atoms with Crippen molar-refractivity contribution in [1.29, 1.82) is 0 Å². The second-order valence-corrected chi connectivity index (χ2v) is 6.89. The maximum absolute atomic E-state index is 4.41. The largest absolute Gasteiger partial charge is 0.370 e. The summed E-state index contributed by atoms with van der Waals surface area (Å²) in [7, 11) is 0. The smallest absolute Gasteiger partial charge is 0.137 e. The van der Waals surface area contributed by atoms with E-state index in [9.17, 15) is 0 Å². The second-order valence-electron chi connectivity index (χ2n) is 5.97. The van der Waals surface area contributed by atoms with Crippen LogP contribution < -0.4 is 4.90 Å². The number of rotatable bonds is 3. The van der Waals surface area contributed by atoms with Crippen LogP contribution in [0.4, 0.5) is 5.69 Å². The molecule has 2 aromatic heterocycles. The topological polar surface area (TPSA) is 46.8 Å². The Balaban J connectivity index is 1.56. The van der Waals surface area contributed by atoms with E-state index in [4.69, 9.17) is 0 Å². The van der Waals surface area contributed by atoms with Gasteiger partial charge in [-0.1, -0.05) is 0 Å². The SMILES string of the molecule is Brc1cncc(N2CCC[C@H](c3nncn3C3CC3)C2)c1. The predicted molar refractivity (Wildman–Crippen MR) is 84.4 cm³/mol. The molecule has 6 heteroatoms. The van der Waals surface area contributed by atoms with Crippen LogP contribution in [0.25, 0.3) is 0 Å². The van der Waals surface area contributed by atoms with E-state index in [1.54, 1.807) is 0 Å². The Bertz CT molecular complexity index is 636. The standard InChI is InChI=1S/C15H18BrN5/c16-12-6-14(8-17-7-12)20-5-1-2-11(9-20)15-19-18-10-21(15)13-3-4-13/h6-8,10-11,13H,1-5,9H2/t11-/m0/s1. The Morgan fingerprint density at radius 2 is 2.10 bits per heavy atom. The number of hydrogen-bond donors (Lipinski definition) is 0. The minimum atomic E-state index is 0.473. The lowest BCUT2D eigenvalue weighted by atomic mass is 9.96. The molecular formula is C15H18BrN5. The average Bonchev–Trinajstić information content (AvgIpc) is 3.24. The van der Waals surface area contributed by atoms with Gasteiger partial charge in [0, 0.05) is 35.7 Å². The molecule has 2 fully saturated rings. The van der Waals surface area contributed by atoms with E-state index in [1.165, 1.54) is 37.2 Å². The highest BCUT2D eigenvalue weighted by Crippen LogP contribution is 2.38. The van der Waals surface area contributed by atoms with Gasteiger partial charge in [0.25, 0.3) is 0 Å². The summed E-state index contributed by atoms with van der Waals surface area (Å²) in [5.41, 5.74) is 1.19. The van der Waals surface area contributed by atoms with Gasteiger partial charge in [0.1, 0.15) is 12.2 Å². The molecule has 1 saturated carbocycles. The first-order valence-corrected chi connectivity index (χ1v) is 8.35. The highest BCUT2D eigenvalue weighted by atomic mass is 79.9. The van der Waals surface area contributed by atoms with Crippen LogP contribution in [-0.2, 0) is 0 Å². The van der Waals surface area contributed by atoms with Crippen LogP contribution in [-0.4, -0.2) is 32.8 Å². The van der Waals surface area contributed by atoms with E-state index in [0.717, 1.165) is 17.6 Å². The molecule has 0 unspecified atom stereocenters. The molecule has 0 N–H and O–H groups in total. The molecule has 1 aliphatic heterocycles. The van der Waals surface area contributed by atoms with Gasteiger partial charge in [0.15, 0.2) is 0 Å². The number of pyridine rings is 1. The fourth-order valence-electron chi connectivity index (χ4n) is 3.17. The summed E-state index contributed by atoms with van der Waals surface area (Å²) in [5.74, 6) is 1.64. The molecular weight excluding hydrogens is 330 g/mol. The van der Waals surface area contributed by atoms with Crippen LogP contribution in [0.5, 0.6) is 0 Å².